The minimum Gasteiger partial charge on any atom is -0.543 e. The fraction of sp³-hybridized carbons (Fsp3) is 0.526. The van der Waals surface area contributed by atoms with Crippen LogP contribution in [0.1, 0.15) is 39.5 Å². The molecule has 1 amide bonds. The summed E-state index contributed by atoms with van der Waals surface area (Å²) in [6.07, 6.45) is 2.36. The third-order valence-electron chi connectivity index (χ3n) is 5.19. The molecule has 4 heterocycles. The minimum absolute atomic E-state index is 0. The molecule has 1 saturated heterocycles. The third-order valence-corrected chi connectivity index (χ3v) is 8.90. The van der Waals surface area contributed by atoms with Crippen LogP contribution in [0.5, 0.6) is 0 Å². The summed E-state index contributed by atoms with van der Waals surface area (Å²) < 4.78 is 7.26. The van der Waals surface area contributed by atoms with Crippen LogP contribution in [0.2, 0.25) is 0 Å². The summed E-state index contributed by atoms with van der Waals surface area (Å²) in [5.41, 5.74) is 0.400. The van der Waals surface area contributed by atoms with Gasteiger partial charge in [0.25, 0.3) is 0 Å². The first kappa shape index (κ1) is 27.9. The van der Waals surface area contributed by atoms with E-state index in [1.807, 2.05) is 6.92 Å². The van der Waals surface area contributed by atoms with E-state index in [9.17, 15) is 19.5 Å². The van der Waals surface area contributed by atoms with Gasteiger partial charge in [0.2, 0.25) is 5.91 Å². The van der Waals surface area contributed by atoms with Crippen LogP contribution in [0.15, 0.2) is 27.1 Å². The van der Waals surface area contributed by atoms with Gasteiger partial charge in [-0.1, -0.05) is 43.3 Å². The number of ether oxygens (including phenoxy) is 1. The molecule has 176 valence electrons. The van der Waals surface area contributed by atoms with Crippen LogP contribution < -0.4 is 56.5 Å². The second-order valence-electron chi connectivity index (χ2n) is 7.42. The Bertz CT molecular complexity index is 1120. The summed E-state index contributed by atoms with van der Waals surface area (Å²) in [7, 11) is 0. The number of aliphatic carboxylic acids is 1. The molecule has 0 N–H and O–H groups in total. The zero-order valence-corrected chi connectivity index (χ0v) is 24.4. The summed E-state index contributed by atoms with van der Waals surface area (Å²) in [6.45, 7) is 3.73. The number of amides is 1. The van der Waals surface area contributed by atoms with Gasteiger partial charge in [-0.25, -0.2) is 0 Å². The van der Waals surface area contributed by atoms with E-state index in [1.54, 1.807) is 19.1 Å². The number of nitrogens with zero attached hydrogens (tertiary/aromatic N) is 6. The molecule has 2 aliphatic rings. The summed E-state index contributed by atoms with van der Waals surface area (Å²) in [6, 6.07) is 3.51. The van der Waals surface area contributed by atoms with E-state index >= 15 is 0 Å². The van der Waals surface area contributed by atoms with Gasteiger partial charge < -0.3 is 14.6 Å². The van der Waals surface area contributed by atoms with E-state index in [0.29, 0.717) is 26.4 Å². The smallest absolute Gasteiger partial charge is 0.543 e. The van der Waals surface area contributed by atoms with Crippen LogP contribution in [0.4, 0.5) is 0 Å². The van der Waals surface area contributed by atoms with Gasteiger partial charge in [-0.3, -0.25) is 14.5 Å². The summed E-state index contributed by atoms with van der Waals surface area (Å²) in [4.78, 5) is 37.8. The monoisotopic (exact) mass is 548 g/mol. The van der Waals surface area contributed by atoms with Gasteiger partial charge in [0, 0.05) is 6.42 Å². The molecule has 0 radical (unpaired) electrons. The molecule has 11 nitrogen and oxygen atoms in total. The number of aromatic nitrogens is 5. The first-order valence-corrected chi connectivity index (χ1v) is 13.2. The molecule has 0 saturated carbocycles. The summed E-state index contributed by atoms with van der Waals surface area (Å²) in [5, 5.41) is 27.8. The van der Waals surface area contributed by atoms with E-state index in [1.165, 1.54) is 44.8 Å². The molecule has 3 atom stereocenters. The molecule has 2 aromatic heterocycles. The number of thioether (sulfide) groups is 3. The van der Waals surface area contributed by atoms with Crippen molar-refractivity contribution >= 4 is 58.8 Å². The molecule has 0 spiro atoms. The van der Waals surface area contributed by atoms with E-state index in [4.69, 9.17) is 4.74 Å². The number of carbonyl (C=O) groups is 3. The Kier molecular flexibility index (Phi) is 10.3. The van der Waals surface area contributed by atoms with Gasteiger partial charge in [0.05, 0.1) is 21.0 Å². The number of fused-ring (bicyclic) bond motifs is 2. The maximum Gasteiger partial charge on any atom is 1.00 e. The van der Waals surface area contributed by atoms with Crippen LogP contribution in [0.3, 0.4) is 0 Å². The third kappa shape index (κ3) is 5.99. The first-order chi connectivity index (χ1) is 15.9. The Morgan fingerprint density at radius 2 is 2.09 bits per heavy atom. The van der Waals surface area contributed by atoms with Gasteiger partial charge in [0.15, 0.2) is 5.65 Å². The molecule has 1 fully saturated rings. The number of hydrogen-bond acceptors (Lipinski definition) is 12. The molecule has 34 heavy (non-hydrogen) atoms. The maximum absolute atomic E-state index is 12.7. The Morgan fingerprint density at radius 1 is 1.29 bits per heavy atom. The van der Waals surface area contributed by atoms with Crippen molar-refractivity contribution < 1.29 is 75.6 Å². The maximum atomic E-state index is 12.7. The van der Waals surface area contributed by atoms with Crippen molar-refractivity contribution in [3.8, 4) is 0 Å². The number of unbranched alkanes of at least 4 members (excludes halogenated alkanes) is 2. The molecule has 15 heteroatoms. The number of β-lactam (4-membered cyclic amide) rings is 1. The van der Waals surface area contributed by atoms with Gasteiger partial charge in [0.1, 0.15) is 22.4 Å². The predicted octanol–water partition coefficient (Wildman–Crippen LogP) is -1.73. The molecule has 0 aromatic carbocycles. The Balaban J connectivity index is 0.00000324. The fourth-order valence-electron chi connectivity index (χ4n) is 3.54. The van der Waals surface area contributed by atoms with Crippen molar-refractivity contribution in [2.24, 2.45) is 5.92 Å². The number of rotatable bonds is 11. The summed E-state index contributed by atoms with van der Waals surface area (Å²) in [5.74, 6) is -2.69. The number of carbonyl (C=O) groups excluding carboxylic acids is 3. The predicted molar refractivity (Wildman–Crippen MR) is 120 cm³/mol. The van der Waals surface area contributed by atoms with E-state index < -0.39 is 23.4 Å². The zero-order valence-electron chi connectivity index (χ0n) is 18.9. The van der Waals surface area contributed by atoms with Crippen molar-refractivity contribution in [3.05, 3.63) is 22.1 Å². The number of carboxylic acids is 1. The van der Waals surface area contributed by atoms with E-state index in [2.05, 4.69) is 20.6 Å². The molecule has 4 rings (SSSR count). The molecule has 2 aromatic rings. The number of esters is 1. The van der Waals surface area contributed by atoms with Crippen molar-refractivity contribution in [3.63, 3.8) is 0 Å². The molecular weight excluding hydrogens is 528 g/mol. The van der Waals surface area contributed by atoms with Crippen LogP contribution in [0.25, 0.3) is 5.65 Å². The van der Waals surface area contributed by atoms with E-state index in [-0.39, 0.29) is 69.0 Å². The normalized spacial score (nSPS) is 20.1. The van der Waals surface area contributed by atoms with Gasteiger partial charge in [-0.05, 0) is 35.9 Å². The van der Waals surface area contributed by atoms with Crippen LogP contribution in [0, 0.1) is 5.92 Å². The second-order valence-corrected chi connectivity index (χ2v) is 11.2. The largest absolute Gasteiger partial charge is 1.00 e. The molecule has 2 aliphatic heterocycles. The van der Waals surface area contributed by atoms with Gasteiger partial charge in [-0.15, -0.1) is 26.6 Å². The fourth-order valence-corrected chi connectivity index (χ4v) is 7.62. The second kappa shape index (κ2) is 12.5. The average molecular weight is 549 g/mol. The number of hydrogen-bond donors (Lipinski definition) is 0. The molecule has 0 bridgehead atoms. The van der Waals surface area contributed by atoms with E-state index in [0.717, 1.165) is 19.3 Å². The van der Waals surface area contributed by atoms with Gasteiger partial charge >= 0.3 is 57.4 Å². The van der Waals surface area contributed by atoms with Crippen molar-refractivity contribution in [2.75, 3.05) is 5.08 Å². The first-order valence-electron chi connectivity index (χ1n) is 10.4. The quantitative estimate of drug-likeness (QED) is 0.0786. The van der Waals surface area contributed by atoms with Crippen LogP contribution >= 0.6 is 35.3 Å². The molecule has 0 aliphatic carbocycles. The minimum atomic E-state index is -1.40. The topological polar surface area (TPSA) is 143 Å². The standard InChI is InChI=1S/C19H22N6O5S3.K/c1-3-4-5-6-13(26)30-10(2)14-16(27)24-15(18(28)29)19(33-17(14)24)32-9-31-12-8-7-11-20-22-23-25(11)21-12;/h7-8,10,14,17H,3-6,9H2,1-2H3,(H,28,29);/q;+1/p-1/t10-,14+,17-;/m1./s1. The van der Waals surface area contributed by atoms with Crippen molar-refractivity contribution in [2.45, 2.75) is 56.0 Å². The zero-order chi connectivity index (χ0) is 23.5. The molecular formula is C19H21KN6O5S3. The van der Waals surface area contributed by atoms with Crippen molar-refractivity contribution in [1.82, 2.24) is 30.2 Å². The van der Waals surface area contributed by atoms with Crippen LogP contribution in [-0.2, 0) is 19.1 Å². The Labute approximate surface area is 251 Å². The number of tetrazole rings is 1. The number of carboxylic acid groups (broad SMARTS) is 1. The molecule has 0 unspecified atom stereocenters. The van der Waals surface area contributed by atoms with Gasteiger partial charge in [-0.2, -0.15) is 0 Å². The SMILES string of the molecule is CCCCCC(=O)O[C@H](C)[C@H]1C(=O)N2C(C(=O)[O-])=C(SCSc3ccc4nnnn4n3)S[C@H]12.[K+]. The Morgan fingerprint density at radius 3 is 2.82 bits per heavy atom. The average Bonchev–Trinajstić information content (AvgIpc) is 3.36. The van der Waals surface area contributed by atoms with Crippen LogP contribution in [-0.4, -0.2) is 64.6 Å². The Hall–Kier alpha value is -0.684. The van der Waals surface area contributed by atoms with Crippen molar-refractivity contribution in [1.29, 1.82) is 0 Å². The summed E-state index contributed by atoms with van der Waals surface area (Å²) >= 11 is 3.97.